The fourth-order valence-corrected chi connectivity index (χ4v) is 6.55. The molecule has 0 amide bonds. The monoisotopic (exact) mass is 525 g/mol. The molecule has 2 N–H and O–H groups in total. The first-order valence-electron chi connectivity index (χ1n) is 12.3. The number of hydrogen-bond donors (Lipinski definition) is 2. The maximum absolute atomic E-state index is 12.6. The Morgan fingerprint density at radius 1 is 1.05 bits per heavy atom. The molecular formula is C28H35N3O5S. The Morgan fingerprint density at radius 3 is 2.35 bits per heavy atom. The van der Waals surface area contributed by atoms with Crippen molar-refractivity contribution in [2.45, 2.75) is 64.3 Å². The molecule has 1 aliphatic carbocycles. The number of benzene rings is 2. The molecule has 0 bridgehead atoms. The highest BCUT2D eigenvalue weighted by atomic mass is 32.2. The van der Waals surface area contributed by atoms with E-state index in [1.807, 2.05) is 32.0 Å². The smallest absolute Gasteiger partial charge is 0.332 e. The number of ether oxygens (including phenoxy) is 1. The van der Waals surface area contributed by atoms with E-state index in [9.17, 15) is 18.0 Å². The quantitative estimate of drug-likeness (QED) is 0.508. The van der Waals surface area contributed by atoms with Crippen molar-refractivity contribution in [2.24, 2.45) is 0 Å². The fraction of sp³-hybridized carbons (Fsp3) is 0.429. The van der Waals surface area contributed by atoms with Crippen LogP contribution in [0.4, 0.5) is 0 Å². The lowest BCUT2D eigenvalue weighted by atomic mass is 9.82. The fourth-order valence-electron chi connectivity index (χ4n) is 5.45. The molecule has 0 spiro atoms. The zero-order valence-electron chi connectivity index (χ0n) is 22.4. The SMILES string of the molecule is COc1c(-c2ccc3c(c2)CCC3C(C)(C)NS(C)(=O)=O)cc(-n2ccc(=O)[nH]c2=O)cc1C(C)(C)C. The Hall–Kier alpha value is -3.17. The predicted octanol–water partition coefficient (Wildman–Crippen LogP) is 3.86. The Balaban J connectivity index is 1.88. The van der Waals surface area contributed by atoms with E-state index < -0.39 is 26.8 Å². The second kappa shape index (κ2) is 9.29. The predicted molar refractivity (Wildman–Crippen MR) is 146 cm³/mol. The van der Waals surface area contributed by atoms with Gasteiger partial charge in [-0.25, -0.2) is 17.9 Å². The third-order valence-corrected chi connectivity index (χ3v) is 7.94. The molecule has 0 radical (unpaired) electrons. The molecule has 8 nitrogen and oxygen atoms in total. The minimum absolute atomic E-state index is 0.0457. The van der Waals surface area contributed by atoms with Gasteiger partial charge in [-0.1, -0.05) is 39.0 Å². The molecule has 1 heterocycles. The van der Waals surface area contributed by atoms with E-state index in [0.717, 1.165) is 46.4 Å². The van der Waals surface area contributed by atoms with Gasteiger partial charge in [-0.2, -0.15) is 0 Å². The summed E-state index contributed by atoms with van der Waals surface area (Å²) in [5.74, 6) is 0.770. The summed E-state index contributed by atoms with van der Waals surface area (Å²) in [4.78, 5) is 26.6. The van der Waals surface area contributed by atoms with Crippen molar-refractivity contribution in [3.05, 3.63) is 80.1 Å². The van der Waals surface area contributed by atoms with Crippen LogP contribution >= 0.6 is 0 Å². The molecule has 0 saturated heterocycles. The number of rotatable bonds is 6. The van der Waals surface area contributed by atoms with Crippen LogP contribution in [-0.2, 0) is 21.9 Å². The average Bonchev–Trinajstić information content (AvgIpc) is 3.20. The van der Waals surface area contributed by atoms with Gasteiger partial charge >= 0.3 is 5.69 Å². The second-order valence-corrected chi connectivity index (χ2v) is 13.2. The van der Waals surface area contributed by atoms with E-state index in [2.05, 4.69) is 42.6 Å². The standard InChI is InChI=1S/C28H35N3O5S/c1-27(2,3)23-16-19(31-13-12-24(32)29-26(31)33)15-21(25(23)36-6)18-8-10-20-17(14-18)9-11-22(20)28(4,5)30-37(7,34)35/h8,10,12-16,22,30H,9,11H2,1-7H3,(H,29,32,33). The summed E-state index contributed by atoms with van der Waals surface area (Å²) in [6.07, 6.45) is 4.33. The summed E-state index contributed by atoms with van der Waals surface area (Å²) in [5, 5.41) is 0. The lowest BCUT2D eigenvalue weighted by Gasteiger charge is -2.32. The van der Waals surface area contributed by atoms with Gasteiger partial charge in [-0.15, -0.1) is 0 Å². The van der Waals surface area contributed by atoms with Gasteiger partial charge in [0.1, 0.15) is 5.75 Å². The van der Waals surface area contributed by atoms with Gasteiger partial charge in [-0.3, -0.25) is 14.3 Å². The van der Waals surface area contributed by atoms with Gasteiger partial charge in [0.15, 0.2) is 0 Å². The summed E-state index contributed by atoms with van der Waals surface area (Å²) >= 11 is 0. The van der Waals surface area contributed by atoms with Crippen LogP contribution in [0.2, 0.25) is 0 Å². The van der Waals surface area contributed by atoms with E-state index in [0.29, 0.717) is 5.69 Å². The molecule has 0 fully saturated rings. The van der Waals surface area contributed by atoms with E-state index in [-0.39, 0.29) is 11.3 Å². The first-order chi connectivity index (χ1) is 17.1. The van der Waals surface area contributed by atoms with Gasteiger partial charge in [0.25, 0.3) is 5.56 Å². The van der Waals surface area contributed by atoms with Crippen molar-refractivity contribution in [1.29, 1.82) is 0 Å². The first-order valence-corrected chi connectivity index (χ1v) is 14.2. The van der Waals surface area contributed by atoms with Crippen molar-refractivity contribution in [3.63, 3.8) is 0 Å². The number of sulfonamides is 1. The number of fused-ring (bicyclic) bond motifs is 1. The van der Waals surface area contributed by atoms with Crippen LogP contribution in [0.3, 0.4) is 0 Å². The molecule has 1 unspecified atom stereocenters. The van der Waals surface area contributed by atoms with Crippen LogP contribution < -0.4 is 20.7 Å². The van der Waals surface area contributed by atoms with Crippen LogP contribution in [0.5, 0.6) is 5.75 Å². The van der Waals surface area contributed by atoms with Crippen molar-refractivity contribution in [2.75, 3.05) is 13.4 Å². The maximum Gasteiger partial charge on any atom is 0.332 e. The van der Waals surface area contributed by atoms with E-state index >= 15 is 0 Å². The largest absolute Gasteiger partial charge is 0.496 e. The summed E-state index contributed by atoms with van der Waals surface area (Å²) in [6.45, 7) is 10.1. The molecule has 4 rings (SSSR count). The Kier molecular flexibility index (Phi) is 6.75. The van der Waals surface area contributed by atoms with Crippen LogP contribution in [-0.4, -0.2) is 36.9 Å². The minimum Gasteiger partial charge on any atom is -0.496 e. The third-order valence-electron chi connectivity index (χ3n) is 7.04. The van der Waals surface area contributed by atoms with Crippen molar-refractivity contribution in [1.82, 2.24) is 14.3 Å². The molecule has 1 aromatic heterocycles. The van der Waals surface area contributed by atoms with Gasteiger partial charge in [-0.05, 0) is 60.9 Å². The Labute approximate surface area is 217 Å². The number of aromatic amines is 1. The van der Waals surface area contributed by atoms with Crippen LogP contribution in [0.15, 0.2) is 52.2 Å². The molecule has 198 valence electrons. The number of hydrogen-bond acceptors (Lipinski definition) is 5. The van der Waals surface area contributed by atoms with Crippen LogP contribution in [0.25, 0.3) is 16.8 Å². The number of aryl methyl sites for hydroxylation is 1. The maximum atomic E-state index is 12.6. The lowest BCUT2D eigenvalue weighted by molar-refractivity contribution is 0.369. The van der Waals surface area contributed by atoms with Gasteiger partial charge in [0.2, 0.25) is 10.0 Å². The molecule has 3 aromatic rings. The number of aromatic nitrogens is 2. The average molecular weight is 526 g/mol. The summed E-state index contributed by atoms with van der Waals surface area (Å²) in [6, 6.07) is 11.4. The third kappa shape index (κ3) is 5.43. The van der Waals surface area contributed by atoms with E-state index in [1.54, 1.807) is 7.11 Å². The number of H-pyrrole nitrogens is 1. The molecule has 1 aliphatic rings. The normalized spacial score (nSPS) is 16.0. The molecule has 0 saturated carbocycles. The van der Waals surface area contributed by atoms with Crippen LogP contribution in [0.1, 0.15) is 63.6 Å². The van der Waals surface area contributed by atoms with Crippen molar-refractivity contribution < 1.29 is 13.2 Å². The number of nitrogens with one attached hydrogen (secondary N) is 2. The second-order valence-electron chi connectivity index (χ2n) is 11.4. The first kappa shape index (κ1) is 26.9. The zero-order valence-corrected chi connectivity index (χ0v) is 23.2. The topological polar surface area (TPSA) is 110 Å². The van der Waals surface area contributed by atoms with Crippen molar-refractivity contribution in [3.8, 4) is 22.6 Å². The molecule has 2 aromatic carbocycles. The highest BCUT2D eigenvalue weighted by molar-refractivity contribution is 7.88. The lowest BCUT2D eigenvalue weighted by Crippen LogP contribution is -2.46. The molecule has 1 atom stereocenters. The molecule has 9 heteroatoms. The number of methoxy groups -OCH3 is 1. The highest BCUT2D eigenvalue weighted by Crippen LogP contribution is 2.45. The van der Waals surface area contributed by atoms with Crippen LogP contribution in [0, 0.1) is 0 Å². The minimum atomic E-state index is -3.35. The highest BCUT2D eigenvalue weighted by Gasteiger charge is 2.37. The molecular weight excluding hydrogens is 490 g/mol. The Morgan fingerprint density at radius 2 is 1.76 bits per heavy atom. The van der Waals surface area contributed by atoms with E-state index in [4.69, 9.17) is 4.74 Å². The molecule has 37 heavy (non-hydrogen) atoms. The Bertz CT molecular complexity index is 1580. The van der Waals surface area contributed by atoms with Gasteiger partial charge in [0.05, 0.1) is 19.1 Å². The summed E-state index contributed by atoms with van der Waals surface area (Å²) in [5.41, 5.74) is 3.75. The van der Waals surface area contributed by atoms with E-state index in [1.165, 1.54) is 23.1 Å². The van der Waals surface area contributed by atoms with Gasteiger partial charge < -0.3 is 4.74 Å². The van der Waals surface area contributed by atoms with Crippen molar-refractivity contribution >= 4 is 10.0 Å². The summed E-state index contributed by atoms with van der Waals surface area (Å²) in [7, 11) is -1.71. The zero-order chi connectivity index (χ0) is 27.3. The van der Waals surface area contributed by atoms with Gasteiger partial charge in [0, 0.05) is 34.8 Å². The summed E-state index contributed by atoms with van der Waals surface area (Å²) < 4.78 is 34.1. The molecule has 0 aliphatic heterocycles. The number of nitrogens with zero attached hydrogens (tertiary/aromatic N) is 1.